The number of esters is 1. The largest absolute Gasteiger partial charge is 0.469 e. The van der Waals surface area contributed by atoms with Crippen LogP contribution in [0.4, 0.5) is 0 Å². The molecule has 1 heterocycles. The number of rotatable bonds is 2. The SMILES string of the molecule is COC(=O)CC1(O)CCNCC1. The van der Waals surface area contributed by atoms with E-state index >= 15 is 0 Å². The van der Waals surface area contributed by atoms with Crippen LogP contribution in [0.5, 0.6) is 0 Å². The molecule has 1 rings (SSSR count). The summed E-state index contributed by atoms with van der Waals surface area (Å²) in [5.41, 5.74) is -0.835. The molecule has 0 aromatic carbocycles. The van der Waals surface area contributed by atoms with Gasteiger partial charge < -0.3 is 15.2 Å². The number of carbonyl (C=O) groups excluding carboxylic acids is 1. The van der Waals surface area contributed by atoms with Crippen molar-refractivity contribution in [2.24, 2.45) is 0 Å². The smallest absolute Gasteiger partial charge is 0.308 e. The number of piperidine rings is 1. The van der Waals surface area contributed by atoms with Crippen LogP contribution in [0.3, 0.4) is 0 Å². The second-order valence-corrected chi connectivity index (χ2v) is 3.23. The van der Waals surface area contributed by atoms with E-state index in [2.05, 4.69) is 10.1 Å². The highest BCUT2D eigenvalue weighted by Crippen LogP contribution is 2.22. The average molecular weight is 173 g/mol. The summed E-state index contributed by atoms with van der Waals surface area (Å²) < 4.78 is 4.50. The third-order valence-corrected chi connectivity index (χ3v) is 2.24. The van der Waals surface area contributed by atoms with Crippen LogP contribution in [0.1, 0.15) is 19.3 Å². The molecule has 0 aliphatic carbocycles. The zero-order valence-corrected chi connectivity index (χ0v) is 7.30. The van der Waals surface area contributed by atoms with E-state index < -0.39 is 5.60 Å². The van der Waals surface area contributed by atoms with Gasteiger partial charge in [0.1, 0.15) is 0 Å². The van der Waals surface area contributed by atoms with Crippen LogP contribution in [-0.4, -0.2) is 36.9 Å². The van der Waals surface area contributed by atoms with Crippen LogP contribution in [-0.2, 0) is 9.53 Å². The number of methoxy groups -OCH3 is 1. The molecule has 0 aromatic rings. The molecule has 0 bridgehead atoms. The molecule has 1 saturated heterocycles. The number of carbonyl (C=O) groups is 1. The predicted molar refractivity (Wildman–Crippen MR) is 43.7 cm³/mol. The van der Waals surface area contributed by atoms with Crippen molar-refractivity contribution in [2.45, 2.75) is 24.9 Å². The van der Waals surface area contributed by atoms with Crippen LogP contribution >= 0.6 is 0 Å². The van der Waals surface area contributed by atoms with Gasteiger partial charge in [0.2, 0.25) is 0 Å². The second kappa shape index (κ2) is 3.87. The Bertz CT molecular complexity index is 164. The Balaban J connectivity index is 2.41. The van der Waals surface area contributed by atoms with Crippen LogP contribution in [0.2, 0.25) is 0 Å². The third kappa shape index (κ3) is 2.46. The maximum absolute atomic E-state index is 10.9. The summed E-state index contributed by atoms with van der Waals surface area (Å²) >= 11 is 0. The Morgan fingerprint density at radius 1 is 1.58 bits per heavy atom. The van der Waals surface area contributed by atoms with E-state index in [1.807, 2.05) is 0 Å². The van der Waals surface area contributed by atoms with E-state index in [1.165, 1.54) is 7.11 Å². The minimum absolute atomic E-state index is 0.116. The summed E-state index contributed by atoms with van der Waals surface area (Å²) in [4.78, 5) is 10.9. The lowest BCUT2D eigenvalue weighted by Crippen LogP contribution is -2.43. The minimum atomic E-state index is -0.835. The van der Waals surface area contributed by atoms with Crippen molar-refractivity contribution >= 4 is 5.97 Å². The molecule has 1 aliphatic rings. The molecule has 0 amide bonds. The first-order valence-corrected chi connectivity index (χ1v) is 4.16. The van der Waals surface area contributed by atoms with Crippen LogP contribution in [0.25, 0.3) is 0 Å². The van der Waals surface area contributed by atoms with Crippen molar-refractivity contribution in [3.63, 3.8) is 0 Å². The summed E-state index contributed by atoms with van der Waals surface area (Å²) in [5.74, 6) is -0.334. The van der Waals surface area contributed by atoms with Gasteiger partial charge in [0, 0.05) is 0 Å². The second-order valence-electron chi connectivity index (χ2n) is 3.23. The van der Waals surface area contributed by atoms with Gasteiger partial charge in [0.05, 0.1) is 19.1 Å². The molecular formula is C8H15NO3. The standard InChI is InChI=1S/C8H15NO3/c1-12-7(10)6-8(11)2-4-9-5-3-8/h9,11H,2-6H2,1H3. The maximum atomic E-state index is 10.9. The van der Waals surface area contributed by atoms with Crippen molar-refractivity contribution in [1.82, 2.24) is 5.32 Å². The average Bonchev–Trinajstić information content (AvgIpc) is 2.05. The van der Waals surface area contributed by atoms with E-state index in [-0.39, 0.29) is 12.4 Å². The Labute approximate surface area is 71.9 Å². The lowest BCUT2D eigenvalue weighted by Gasteiger charge is -2.31. The Morgan fingerprint density at radius 3 is 2.67 bits per heavy atom. The molecule has 0 aromatic heterocycles. The van der Waals surface area contributed by atoms with Crippen molar-refractivity contribution < 1.29 is 14.6 Å². The first-order valence-electron chi connectivity index (χ1n) is 4.16. The van der Waals surface area contributed by atoms with Crippen molar-refractivity contribution in [2.75, 3.05) is 20.2 Å². The Morgan fingerprint density at radius 2 is 2.17 bits per heavy atom. The van der Waals surface area contributed by atoms with Crippen LogP contribution < -0.4 is 5.32 Å². The van der Waals surface area contributed by atoms with Gasteiger partial charge in [-0.05, 0) is 25.9 Å². The van der Waals surface area contributed by atoms with Gasteiger partial charge in [0.25, 0.3) is 0 Å². The fourth-order valence-corrected chi connectivity index (χ4v) is 1.41. The van der Waals surface area contributed by atoms with Crippen molar-refractivity contribution in [3.05, 3.63) is 0 Å². The number of ether oxygens (including phenoxy) is 1. The van der Waals surface area contributed by atoms with Gasteiger partial charge in [-0.3, -0.25) is 4.79 Å². The predicted octanol–water partition coefficient (Wildman–Crippen LogP) is -0.336. The molecule has 0 radical (unpaired) electrons. The lowest BCUT2D eigenvalue weighted by molar-refractivity contribution is -0.147. The zero-order chi connectivity index (χ0) is 9.03. The zero-order valence-electron chi connectivity index (χ0n) is 7.30. The van der Waals surface area contributed by atoms with E-state index in [4.69, 9.17) is 0 Å². The normalized spacial score (nSPS) is 21.8. The highest BCUT2D eigenvalue weighted by Gasteiger charge is 2.31. The first-order chi connectivity index (χ1) is 5.66. The molecule has 0 unspecified atom stereocenters. The summed E-state index contributed by atoms with van der Waals surface area (Å²) in [5, 5.41) is 13.0. The number of aliphatic hydroxyl groups is 1. The maximum Gasteiger partial charge on any atom is 0.308 e. The molecule has 1 aliphatic heterocycles. The number of hydrogen-bond acceptors (Lipinski definition) is 4. The molecule has 0 atom stereocenters. The molecule has 0 saturated carbocycles. The van der Waals surface area contributed by atoms with E-state index in [9.17, 15) is 9.90 Å². The monoisotopic (exact) mass is 173 g/mol. The first kappa shape index (κ1) is 9.48. The third-order valence-electron chi connectivity index (χ3n) is 2.24. The van der Waals surface area contributed by atoms with Crippen LogP contribution in [0, 0.1) is 0 Å². The molecular weight excluding hydrogens is 158 g/mol. The number of nitrogens with one attached hydrogen (secondary N) is 1. The molecule has 4 heteroatoms. The van der Waals surface area contributed by atoms with E-state index in [1.54, 1.807) is 0 Å². The van der Waals surface area contributed by atoms with E-state index in [0.29, 0.717) is 12.8 Å². The highest BCUT2D eigenvalue weighted by molar-refractivity contribution is 5.70. The summed E-state index contributed by atoms with van der Waals surface area (Å²) in [6, 6.07) is 0. The summed E-state index contributed by atoms with van der Waals surface area (Å²) in [7, 11) is 1.34. The summed E-state index contributed by atoms with van der Waals surface area (Å²) in [6.07, 6.45) is 1.37. The quantitative estimate of drug-likeness (QED) is 0.561. The molecule has 4 nitrogen and oxygen atoms in total. The van der Waals surface area contributed by atoms with Gasteiger partial charge in [0.15, 0.2) is 0 Å². The Hall–Kier alpha value is -0.610. The molecule has 2 N–H and O–H groups in total. The molecule has 0 spiro atoms. The topological polar surface area (TPSA) is 58.6 Å². The molecule has 1 fully saturated rings. The molecule has 12 heavy (non-hydrogen) atoms. The minimum Gasteiger partial charge on any atom is -0.469 e. The van der Waals surface area contributed by atoms with Gasteiger partial charge in [-0.25, -0.2) is 0 Å². The van der Waals surface area contributed by atoms with Gasteiger partial charge in [-0.1, -0.05) is 0 Å². The molecule has 70 valence electrons. The van der Waals surface area contributed by atoms with Gasteiger partial charge >= 0.3 is 5.97 Å². The van der Waals surface area contributed by atoms with Crippen molar-refractivity contribution in [3.8, 4) is 0 Å². The van der Waals surface area contributed by atoms with E-state index in [0.717, 1.165) is 13.1 Å². The summed E-state index contributed by atoms with van der Waals surface area (Å²) in [6.45, 7) is 1.54. The lowest BCUT2D eigenvalue weighted by atomic mass is 9.89. The van der Waals surface area contributed by atoms with Gasteiger partial charge in [-0.2, -0.15) is 0 Å². The highest BCUT2D eigenvalue weighted by atomic mass is 16.5. The fraction of sp³-hybridized carbons (Fsp3) is 0.875. The fourth-order valence-electron chi connectivity index (χ4n) is 1.41. The van der Waals surface area contributed by atoms with Crippen LogP contribution in [0.15, 0.2) is 0 Å². The van der Waals surface area contributed by atoms with Gasteiger partial charge in [-0.15, -0.1) is 0 Å². The Kier molecular flexibility index (Phi) is 3.05. The van der Waals surface area contributed by atoms with Crippen molar-refractivity contribution in [1.29, 1.82) is 0 Å². The number of hydrogen-bond donors (Lipinski definition) is 2.